The van der Waals surface area contributed by atoms with Gasteiger partial charge in [-0.2, -0.15) is 0 Å². The Morgan fingerprint density at radius 1 is 1.47 bits per heavy atom. The maximum absolute atomic E-state index is 12.4. The van der Waals surface area contributed by atoms with E-state index in [4.69, 9.17) is 10.5 Å². The maximum Gasteiger partial charge on any atom is 0.244 e. The Morgan fingerprint density at radius 3 is 2.68 bits per heavy atom. The lowest BCUT2D eigenvalue weighted by Crippen LogP contribution is -2.34. The number of hydrogen-bond acceptors (Lipinski definition) is 4. The van der Waals surface area contributed by atoms with Crippen molar-refractivity contribution in [1.82, 2.24) is 4.72 Å². The van der Waals surface area contributed by atoms with Crippen LogP contribution in [0.2, 0.25) is 0 Å². The van der Waals surface area contributed by atoms with Crippen LogP contribution in [0, 0.1) is 5.92 Å². The monoisotopic (exact) mass is 284 g/mol. The van der Waals surface area contributed by atoms with Gasteiger partial charge in [-0.1, -0.05) is 6.07 Å². The summed E-state index contributed by atoms with van der Waals surface area (Å²) < 4.78 is 32.6. The summed E-state index contributed by atoms with van der Waals surface area (Å²) in [6, 6.07) is 4.93. The molecule has 5 nitrogen and oxygen atoms in total. The molecule has 0 heterocycles. The van der Waals surface area contributed by atoms with Crippen LogP contribution >= 0.6 is 0 Å². The first kappa shape index (κ1) is 14.3. The van der Waals surface area contributed by atoms with Gasteiger partial charge in [-0.25, -0.2) is 13.1 Å². The number of benzene rings is 1. The van der Waals surface area contributed by atoms with Crippen molar-refractivity contribution in [2.75, 3.05) is 7.11 Å². The molecule has 0 radical (unpaired) electrons. The predicted octanol–water partition coefficient (Wildman–Crippen LogP) is 1.23. The van der Waals surface area contributed by atoms with E-state index >= 15 is 0 Å². The van der Waals surface area contributed by atoms with Gasteiger partial charge in [0.1, 0.15) is 10.6 Å². The Morgan fingerprint density at radius 2 is 2.16 bits per heavy atom. The van der Waals surface area contributed by atoms with E-state index < -0.39 is 10.0 Å². The molecule has 106 valence electrons. The van der Waals surface area contributed by atoms with Gasteiger partial charge < -0.3 is 10.5 Å². The SMILES string of the molecule is COc1ccc(CN)cc1S(=O)(=O)NC(C)C1CC1. The van der Waals surface area contributed by atoms with Gasteiger partial charge in [0, 0.05) is 12.6 Å². The van der Waals surface area contributed by atoms with Crippen LogP contribution < -0.4 is 15.2 Å². The molecule has 1 aliphatic rings. The molecule has 19 heavy (non-hydrogen) atoms. The van der Waals surface area contributed by atoms with E-state index in [9.17, 15) is 8.42 Å². The van der Waals surface area contributed by atoms with Crippen molar-refractivity contribution in [3.63, 3.8) is 0 Å². The molecule has 6 heteroatoms. The number of nitrogens with two attached hydrogens (primary N) is 1. The fourth-order valence-corrected chi connectivity index (χ4v) is 3.59. The zero-order valence-corrected chi connectivity index (χ0v) is 12.0. The van der Waals surface area contributed by atoms with Crippen LogP contribution in [0.4, 0.5) is 0 Å². The first-order chi connectivity index (χ1) is 8.97. The number of nitrogens with one attached hydrogen (secondary N) is 1. The van der Waals surface area contributed by atoms with Crippen molar-refractivity contribution in [2.24, 2.45) is 11.7 Å². The smallest absolute Gasteiger partial charge is 0.244 e. The topological polar surface area (TPSA) is 81.4 Å². The van der Waals surface area contributed by atoms with Crippen molar-refractivity contribution in [2.45, 2.75) is 37.2 Å². The summed E-state index contributed by atoms with van der Waals surface area (Å²) in [5.41, 5.74) is 6.32. The van der Waals surface area contributed by atoms with E-state index in [0.717, 1.165) is 18.4 Å². The standard InChI is InChI=1S/C13H20N2O3S/c1-9(11-4-5-11)15-19(16,17)13-7-10(8-14)3-6-12(13)18-2/h3,6-7,9,11,15H,4-5,8,14H2,1-2H3. The molecule has 1 unspecified atom stereocenters. The lowest BCUT2D eigenvalue weighted by atomic mass is 10.2. The molecular formula is C13H20N2O3S. The second-order valence-electron chi connectivity index (χ2n) is 4.94. The van der Waals surface area contributed by atoms with Crippen molar-refractivity contribution in [3.8, 4) is 5.75 Å². The molecule has 0 aromatic heterocycles. The summed E-state index contributed by atoms with van der Waals surface area (Å²) in [5, 5.41) is 0. The summed E-state index contributed by atoms with van der Waals surface area (Å²) in [4.78, 5) is 0.158. The van der Waals surface area contributed by atoms with Crippen LogP contribution in [0.1, 0.15) is 25.3 Å². The van der Waals surface area contributed by atoms with Crippen LogP contribution in [0.3, 0.4) is 0 Å². The second-order valence-corrected chi connectivity index (χ2v) is 6.62. The van der Waals surface area contributed by atoms with E-state index in [1.54, 1.807) is 18.2 Å². The van der Waals surface area contributed by atoms with E-state index in [2.05, 4.69) is 4.72 Å². The number of sulfonamides is 1. The van der Waals surface area contributed by atoms with Crippen LogP contribution in [-0.4, -0.2) is 21.6 Å². The Balaban J connectivity index is 2.31. The zero-order chi connectivity index (χ0) is 14.0. The van der Waals surface area contributed by atoms with Crippen LogP contribution in [0.25, 0.3) is 0 Å². The summed E-state index contributed by atoms with van der Waals surface area (Å²) in [6.07, 6.45) is 2.17. The van der Waals surface area contributed by atoms with Gasteiger partial charge in [0.25, 0.3) is 0 Å². The number of rotatable bonds is 6. The highest BCUT2D eigenvalue weighted by Crippen LogP contribution is 2.33. The molecular weight excluding hydrogens is 264 g/mol. The molecule has 0 amide bonds. The minimum atomic E-state index is -3.57. The number of hydrogen-bond donors (Lipinski definition) is 2. The summed E-state index contributed by atoms with van der Waals surface area (Å²) in [7, 11) is -2.11. The van der Waals surface area contributed by atoms with Crippen molar-refractivity contribution >= 4 is 10.0 Å². The van der Waals surface area contributed by atoms with Gasteiger partial charge in [0.2, 0.25) is 10.0 Å². The molecule has 0 spiro atoms. The third kappa shape index (κ3) is 3.26. The van der Waals surface area contributed by atoms with Crippen LogP contribution in [-0.2, 0) is 16.6 Å². The van der Waals surface area contributed by atoms with Gasteiger partial charge in [0.05, 0.1) is 7.11 Å². The Labute approximate surface area is 114 Å². The van der Waals surface area contributed by atoms with Gasteiger partial charge >= 0.3 is 0 Å². The maximum atomic E-state index is 12.4. The molecule has 1 aliphatic carbocycles. The second kappa shape index (κ2) is 5.48. The predicted molar refractivity (Wildman–Crippen MR) is 73.4 cm³/mol. The average Bonchev–Trinajstić information content (AvgIpc) is 3.21. The molecule has 1 atom stereocenters. The lowest BCUT2D eigenvalue weighted by molar-refractivity contribution is 0.401. The van der Waals surface area contributed by atoms with Gasteiger partial charge in [0.15, 0.2) is 0 Å². The average molecular weight is 284 g/mol. The first-order valence-corrected chi connectivity index (χ1v) is 7.85. The molecule has 1 aromatic carbocycles. The third-order valence-electron chi connectivity index (χ3n) is 3.42. The summed E-state index contributed by atoms with van der Waals surface area (Å²) >= 11 is 0. The van der Waals surface area contributed by atoms with Crippen molar-refractivity contribution in [3.05, 3.63) is 23.8 Å². The third-order valence-corrected chi connectivity index (χ3v) is 5.00. The van der Waals surface area contributed by atoms with E-state index in [-0.39, 0.29) is 10.9 Å². The van der Waals surface area contributed by atoms with Crippen molar-refractivity contribution < 1.29 is 13.2 Å². The zero-order valence-electron chi connectivity index (χ0n) is 11.2. The number of methoxy groups -OCH3 is 1. The van der Waals surface area contributed by atoms with Gasteiger partial charge in [-0.15, -0.1) is 0 Å². The molecule has 2 rings (SSSR count). The molecule has 0 bridgehead atoms. The van der Waals surface area contributed by atoms with E-state index in [1.807, 2.05) is 6.92 Å². The minimum absolute atomic E-state index is 0.0451. The minimum Gasteiger partial charge on any atom is -0.495 e. The Bertz CT molecular complexity index is 553. The molecule has 1 saturated carbocycles. The number of ether oxygens (including phenoxy) is 1. The fraction of sp³-hybridized carbons (Fsp3) is 0.538. The van der Waals surface area contributed by atoms with E-state index in [1.165, 1.54) is 7.11 Å². The van der Waals surface area contributed by atoms with Crippen LogP contribution in [0.15, 0.2) is 23.1 Å². The highest BCUT2D eigenvalue weighted by atomic mass is 32.2. The lowest BCUT2D eigenvalue weighted by Gasteiger charge is -2.16. The van der Waals surface area contributed by atoms with E-state index in [0.29, 0.717) is 18.2 Å². The largest absolute Gasteiger partial charge is 0.495 e. The molecule has 1 aromatic rings. The molecule has 1 fully saturated rings. The highest BCUT2D eigenvalue weighted by molar-refractivity contribution is 7.89. The Hall–Kier alpha value is -1.11. The summed E-state index contributed by atoms with van der Waals surface area (Å²) in [5.74, 6) is 0.797. The fourth-order valence-electron chi connectivity index (χ4n) is 2.06. The molecule has 0 aliphatic heterocycles. The normalized spacial score (nSPS) is 17.2. The summed E-state index contributed by atoms with van der Waals surface area (Å²) in [6.45, 7) is 2.19. The highest BCUT2D eigenvalue weighted by Gasteiger charge is 2.32. The van der Waals surface area contributed by atoms with Gasteiger partial charge in [-0.05, 0) is 43.4 Å². The van der Waals surface area contributed by atoms with Crippen molar-refractivity contribution in [1.29, 1.82) is 0 Å². The van der Waals surface area contributed by atoms with Gasteiger partial charge in [-0.3, -0.25) is 0 Å². The molecule has 3 N–H and O–H groups in total. The van der Waals surface area contributed by atoms with Crippen LogP contribution in [0.5, 0.6) is 5.75 Å². The molecule has 0 saturated heterocycles. The Kier molecular flexibility index (Phi) is 4.13. The quantitative estimate of drug-likeness (QED) is 0.823. The first-order valence-electron chi connectivity index (χ1n) is 6.37.